The summed E-state index contributed by atoms with van der Waals surface area (Å²) in [5, 5.41) is 20.2. The van der Waals surface area contributed by atoms with Crippen LogP contribution in [0.3, 0.4) is 0 Å². The summed E-state index contributed by atoms with van der Waals surface area (Å²) in [5.41, 5.74) is 8.11. The van der Waals surface area contributed by atoms with Gasteiger partial charge in [-0.1, -0.05) is 0 Å². The largest absolute Gasteiger partial charge is 0.494 e. The first-order valence-corrected chi connectivity index (χ1v) is 7.08. The number of nitrogens with one attached hydrogen (secondary N) is 2. The van der Waals surface area contributed by atoms with Gasteiger partial charge in [-0.25, -0.2) is 4.98 Å². The standard InChI is InChI=1S/C16H20N4O2/c1-2-22-12-3-4-14(17)13(10-12)16(18)11-5-6-19-15(9-11)20-7-8-21/h3-6,9-10,18,21H,2,7-8,17H2,1H3,(H,19,20). The van der Waals surface area contributed by atoms with E-state index in [2.05, 4.69) is 10.3 Å². The van der Waals surface area contributed by atoms with E-state index < -0.39 is 0 Å². The second-order valence-electron chi connectivity index (χ2n) is 4.64. The van der Waals surface area contributed by atoms with Crippen molar-refractivity contribution in [1.29, 1.82) is 5.41 Å². The van der Waals surface area contributed by atoms with Gasteiger partial charge in [-0.2, -0.15) is 0 Å². The Morgan fingerprint density at radius 1 is 1.36 bits per heavy atom. The van der Waals surface area contributed by atoms with Crippen molar-refractivity contribution in [3.63, 3.8) is 0 Å². The molecule has 0 spiro atoms. The lowest BCUT2D eigenvalue weighted by molar-refractivity contribution is 0.311. The number of aliphatic hydroxyl groups is 1. The van der Waals surface area contributed by atoms with Gasteiger partial charge in [0.25, 0.3) is 0 Å². The van der Waals surface area contributed by atoms with Gasteiger partial charge in [0.05, 0.1) is 18.9 Å². The minimum atomic E-state index is 0.0205. The molecule has 0 aliphatic heterocycles. The molecule has 5 N–H and O–H groups in total. The number of nitrogens with zero attached hydrogens (tertiary/aromatic N) is 1. The van der Waals surface area contributed by atoms with Gasteiger partial charge in [0, 0.05) is 29.6 Å². The second kappa shape index (κ2) is 7.42. The van der Waals surface area contributed by atoms with Crippen molar-refractivity contribution in [3.05, 3.63) is 47.7 Å². The molecule has 1 heterocycles. The van der Waals surface area contributed by atoms with E-state index in [0.29, 0.717) is 47.2 Å². The second-order valence-corrected chi connectivity index (χ2v) is 4.64. The van der Waals surface area contributed by atoms with E-state index in [4.69, 9.17) is 21.0 Å². The number of nitrogens with two attached hydrogens (primary N) is 1. The van der Waals surface area contributed by atoms with E-state index in [-0.39, 0.29) is 6.61 Å². The molecule has 1 aromatic carbocycles. The molecule has 0 fully saturated rings. The fourth-order valence-corrected chi connectivity index (χ4v) is 2.03. The number of rotatable bonds is 7. The lowest BCUT2D eigenvalue weighted by Crippen LogP contribution is -2.10. The van der Waals surface area contributed by atoms with E-state index in [1.807, 2.05) is 6.92 Å². The maximum absolute atomic E-state index is 8.84. The number of aromatic nitrogens is 1. The highest BCUT2D eigenvalue weighted by molar-refractivity contribution is 6.14. The monoisotopic (exact) mass is 300 g/mol. The number of benzene rings is 1. The zero-order chi connectivity index (χ0) is 15.9. The average Bonchev–Trinajstić information content (AvgIpc) is 2.54. The number of aliphatic hydroxyl groups excluding tert-OH is 1. The Bertz CT molecular complexity index is 658. The van der Waals surface area contributed by atoms with Crippen LogP contribution < -0.4 is 15.8 Å². The topological polar surface area (TPSA) is 104 Å². The van der Waals surface area contributed by atoms with E-state index in [0.717, 1.165) is 0 Å². The Kier molecular flexibility index (Phi) is 5.32. The maximum Gasteiger partial charge on any atom is 0.126 e. The quantitative estimate of drug-likeness (QED) is 0.462. The van der Waals surface area contributed by atoms with Crippen LogP contribution in [0.4, 0.5) is 11.5 Å². The minimum absolute atomic E-state index is 0.0205. The summed E-state index contributed by atoms with van der Waals surface area (Å²) in [6, 6.07) is 8.80. The van der Waals surface area contributed by atoms with Crippen molar-refractivity contribution in [2.45, 2.75) is 6.92 Å². The van der Waals surface area contributed by atoms with Gasteiger partial charge in [-0.3, -0.25) is 5.41 Å². The smallest absolute Gasteiger partial charge is 0.126 e. The summed E-state index contributed by atoms with van der Waals surface area (Å²) in [7, 11) is 0. The number of ether oxygens (including phenoxy) is 1. The van der Waals surface area contributed by atoms with Crippen molar-refractivity contribution in [1.82, 2.24) is 4.98 Å². The van der Waals surface area contributed by atoms with Gasteiger partial charge < -0.3 is 20.9 Å². The van der Waals surface area contributed by atoms with Gasteiger partial charge in [-0.15, -0.1) is 0 Å². The summed E-state index contributed by atoms with van der Waals surface area (Å²) in [5.74, 6) is 1.29. The summed E-state index contributed by atoms with van der Waals surface area (Å²) in [6.45, 7) is 2.89. The lowest BCUT2D eigenvalue weighted by Gasteiger charge is -2.11. The molecule has 0 unspecified atom stereocenters. The van der Waals surface area contributed by atoms with Gasteiger partial charge in [0.1, 0.15) is 11.6 Å². The Labute approximate surface area is 129 Å². The third kappa shape index (κ3) is 3.73. The Hall–Kier alpha value is -2.60. The van der Waals surface area contributed by atoms with Crippen LogP contribution in [0.5, 0.6) is 5.75 Å². The molecule has 0 bridgehead atoms. The van der Waals surface area contributed by atoms with Crippen LogP contribution in [-0.4, -0.2) is 35.6 Å². The highest BCUT2D eigenvalue weighted by Crippen LogP contribution is 2.23. The van der Waals surface area contributed by atoms with Crippen LogP contribution in [0.1, 0.15) is 18.1 Å². The van der Waals surface area contributed by atoms with E-state index >= 15 is 0 Å². The summed E-state index contributed by atoms with van der Waals surface area (Å²) in [4.78, 5) is 4.15. The average molecular weight is 300 g/mol. The van der Waals surface area contributed by atoms with Gasteiger partial charge in [0.2, 0.25) is 0 Å². The molecule has 22 heavy (non-hydrogen) atoms. The van der Waals surface area contributed by atoms with Crippen LogP contribution in [0.2, 0.25) is 0 Å². The molecule has 0 aliphatic rings. The molecule has 0 atom stereocenters. The fraction of sp³-hybridized carbons (Fsp3) is 0.250. The van der Waals surface area contributed by atoms with Crippen molar-refractivity contribution < 1.29 is 9.84 Å². The van der Waals surface area contributed by atoms with Crippen LogP contribution in [0, 0.1) is 5.41 Å². The van der Waals surface area contributed by atoms with Crippen LogP contribution in [0.15, 0.2) is 36.5 Å². The first-order valence-electron chi connectivity index (χ1n) is 7.08. The molecule has 1 aromatic heterocycles. The first-order chi connectivity index (χ1) is 10.7. The number of anilines is 2. The molecule has 0 aliphatic carbocycles. The molecule has 0 saturated heterocycles. The predicted molar refractivity (Wildman–Crippen MR) is 87.8 cm³/mol. The predicted octanol–water partition coefficient (Wildman–Crippen LogP) is 1.88. The maximum atomic E-state index is 8.84. The highest BCUT2D eigenvalue weighted by atomic mass is 16.5. The van der Waals surface area contributed by atoms with E-state index in [1.54, 1.807) is 36.5 Å². The Morgan fingerprint density at radius 3 is 2.91 bits per heavy atom. The Morgan fingerprint density at radius 2 is 2.18 bits per heavy atom. The molecule has 6 heteroatoms. The highest BCUT2D eigenvalue weighted by Gasteiger charge is 2.11. The number of hydrogen-bond donors (Lipinski definition) is 4. The molecular weight excluding hydrogens is 280 g/mol. The molecule has 6 nitrogen and oxygen atoms in total. The summed E-state index contributed by atoms with van der Waals surface area (Å²) in [6.07, 6.45) is 1.62. The van der Waals surface area contributed by atoms with Crippen molar-refractivity contribution in [2.24, 2.45) is 0 Å². The zero-order valence-corrected chi connectivity index (χ0v) is 12.5. The van der Waals surface area contributed by atoms with Crippen LogP contribution >= 0.6 is 0 Å². The van der Waals surface area contributed by atoms with Gasteiger partial charge in [0.15, 0.2) is 0 Å². The van der Waals surface area contributed by atoms with Crippen molar-refractivity contribution in [2.75, 3.05) is 30.8 Å². The minimum Gasteiger partial charge on any atom is -0.494 e. The van der Waals surface area contributed by atoms with E-state index in [9.17, 15) is 0 Å². The molecule has 2 aromatic rings. The third-order valence-corrected chi connectivity index (χ3v) is 3.07. The van der Waals surface area contributed by atoms with Crippen molar-refractivity contribution >= 4 is 17.2 Å². The fourth-order valence-electron chi connectivity index (χ4n) is 2.03. The molecule has 0 saturated carbocycles. The lowest BCUT2D eigenvalue weighted by atomic mass is 10.0. The molecule has 0 radical (unpaired) electrons. The van der Waals surface area contributed by atoms with Crippen molar-refractivity contribution in [3.8, 4) is 5.75 Å². The third-order valence-electron chi connectivity index (χ3n) is 3.07. The molecular formula is C16H20N4O2. The normalized spacial score (nSPS) is 10.3. The van der Waals surface area contributed by atoms with Crippen LogP contribution in [-0.2, 0) is 0 Å². The number of pyridine rings is 1. The number of hydrogen-bond acceptors (Lipinski definition) is 6. The molecule has 0 amide bonds. The van der Waals surface area contributed by atoms with Gasteiger partial charge in [-0.05, 0) is 37.3 Å². The van der Waals surface area contributed by atoms with Crippen LogP contribution in [0.25, 0.3) is 0 Å². The Balaban J connectivity index is 2.29. The molecule has 2 rings (SSSR count). The zero-order valence-electron chi connectivity index (χ0n) is 12.5. The van der Waals surface area contributed by atoms with Gasteiger partial charge >= 0.3 is 0 Å². The first kappa shape index (κ1) is 15.8. The summed E-state index contributed by atoms with van der Waals surface area (Å²) >= 11 is 0. The number of nitrogen functional groups attached to an aromatic ring is 1. The molecule has 116 valence electrons. The van der Waals surface area contributed by atoms with E-state index in [1.165, 1.54) is 0 Å². The SMILES string of the molecule is CCOc1ccc(N)c(C(=N)c2ccnc(NCCO)c2)c1. The summed E-state index contributed by atoms with van der Waals surface area (Å²) < 4.78 is 5.46.